The van der Waals surface area contributed by atoms with E-state index < -0.39 is 0 Å². The van der Waals surface area contributed by atoms with Gasteiger partial charge in [0.1, 0.15) is 0 Å². The molecule has 1 aliphatic rings. The van der Waals surface area contributed by atoms with Crippen LogP contribution in [0.1, 0.15) is 25.5 Å². The summed E-state index contributed by atoms with van der Waals surface area (Å²) < 4.78 is 0. The molecule has 0 radical (unpaired) electrons. The topological polar surface area (TPSA) is 36.4 Å². The molecule has 1 N–H and O–H groups in total. The van der Waals surface area contributed by atoms with Gasteiger partial charge in [-0.05, 0) is 37.8 Å². The minimum atomic E-state index is 0.300. The van der Waals surface area contributed by atoms with Gasteiger partial charge in [0.25, 0.3) is 0 Å². The Bertz CT molecular complexity index is 584. The number of likely N-dealkylation sites (tertiary alicyclic amines) is 1. The molecule has 3 rings (SSSR count). The van der Waals surface area contributed by atoms with Crippen molar-refractivity contribution in [2.45, 2.75) is 32.4 Å². The molecule has 2 atom stereocenters. The molecular weight excluding hydrogens is 248 g/mol. The fourth-order valence-corrected chi connectivity index (χ4v) is 3.04. The largest absolute Gasteiger partial charge is 0.396 e. The number of hydrogen-bond acceptors (Lipinski definition) is 3. The Balaban J connectivity index is 1.77. The molecule has 0 amide bonds. The zero-order chi connectivity index (χ0) is 13.9. The number of piperidine rings is 1. The third-order valence-electron chi connectivity index (χ3n) is 4.39. The Kier molecular flexibility index (Phi) is 3.99. The molecule has 3 nitrogen and oxygen atoms in total. The van der Waals surface area contributed by atoms with Gasteiger partial charge in [0.15, 0.2) is 0 Å². The van der Waals surface area contributed by atoms with Crippen molar-refractivity contribution in [3.63, 3.8) is 0 Å². The summed E-state index contributed by atoms with van der Waals surface area (Å²) in [6, 6.07) is 13.1. The van der Waals surface area contributed by atoms with Gasteiger partial charge in [-0.3, -0.25) is 9.88 Å². The first kappa shape index (κ1) is 13.5. The molecule has 2 heterocycles. The van der Waals surface area contributed by atoms with Crippen molar-refractivity contribution in [2.24, 2.45) is 5.92 Å². The predicted octanol–water partition coefficient (Wildman–Crippen LogP) is 2.83. The molecule has 1 aliphatic heterocycles. The quantitative estimate of drug-likeness (QED) is 0.931. The van der Waals surface area contributed by atoms with Crippen molar-refractivity contribution in [3.05, 3.63) is 42.1 Å². The van der Waals surface area contributed by atoms with E-state index in [0.29, 0.717) is 18.6 Å². The summed E-state index contributed by atoms with van der Waals surface area (Å²) in [4.78, 5) is 7.20. The molecule has 1 saturated heterocycles. The molecule has 1 aromatic carbocycles. The molecule has 1 aromatic heterocycles. The van der Waals surface area contributed by atoms with Crippen LogP contribution in [-0.4, -0.2) is 34.2 Å². The molecule has 0 spiro atoms. The van der Waals surface area contributed by atoms with Crippen molar-refractivity contribution in [1.29, 1.82) is 0 Å². The summed E-state index contributed by atoms with van der Waals surface area (Å²) in [5.41, 5.74) is 2.18. The van der Waals surface area contributed by atoms with E-state index in [-0.39, 0.29) is 0 Å². The summed E-state index contributed by atoms with van der Waals surface area (Å²) in [6.07, 6.45) is 2.30. The third kappa shape index (κ3) is 2.84. The Morgan fingerprint density at radius 3 is 2.90 bits per heavy atom. The smallest absolute Gasteiger partial charge is 0.0705 e. The van der Waals surface area contributed by atoms with E-state index >= 15 is 0 Å². The second kappa shape index (κ2) is 5.90. The monoisotopic (exact) mass is 270 g/mol. The van der Waals surface area contributed by atoms with Gasteiger partial charge in [0.05, 0.1) is 11.2 Å². The first-order valence-corrected chi connectivity index (χ1v) is 7.46. The van der Waals surface area contributed by atoms with Crippen LogP contribution in [0.2, 0.25) is 0 Å². The van der Waals surface area contributed by atoms with Crippen molar-refractivity contribution >= 4 is 10.9 Å². The number of benzene rings is 1. The van der Waals surface area contributed by atoms with Crippen LogP contribution in [0.5, 0.6) is 0 Å². The first-order chi connectivity index (χ1) is 9.76. The lowest BCUT2D eigenvalue weighted by Crippen LogP contribution is -2.42. The molecule has 2 aromatic rings. The number of aliphatic hydroxyl groups is 1. The minimum absolute atomic E-state index is 0.300. The lowest BCUT2D eigenvalue weighted by molar-refractivity contribution is 0.0763. The van der Waals surface area contributed by atoms with E-state index in [0.717, 1.165) is 30.7 Å². The summed E-state index contributed by atoms with van der Waals surface area (Å²) in [6.45, 7) is 4.43. The number of para-hydroxylation sites is 1. The van der Waals surface area contributed by atoms with Crippen LogP contribution < -0.4 is 0 Å². The molecule has 3 heteroatoms. The Morgan fingerprint density at radius 2 is 2.05 bits per heavy atom. The molecule has 2 unspecified atom stereocenters. The zero-order valence-corrected chi connectivity index (χ0v) is 12.0. The van der Waals surface area contributed by atoms with Crippen LogP contribution in [0, 0.1) is 5.92 Å². The molecule has 0 aliphatic carbocycles. The van der Waals surface area contributed by atoms with Crippen LogP contribution in [-0.2, 0) is 6.54 Å². The van der Waals surface area contributed by atoms with Crippen LogP contribution in [0.3, 0.4) is 0 Å². The average molecular weight is 270 g/mol. The maximum absolute atomic E-state index is 9.36. The van der Waals surface area contributed by atoms with E-state index in [2.05, 4.69) is 36.1 Å². The van der Waals surface area contributed by atoms with Gasteiger partial charge in [-0.15, -0.1) is 0 Å². The van der Waals surface area contributed by atoms with E-state index in [1.165, 1.54) is 11.8 Å². The molecule has 0 saturated carbocycles. The van der Waals surface area contributed by atoms with Crippen molar-refractivity contribution in [1.82, 2.24) is 9.88 Å². The van der Waals surface area contributed by atoms with Crippen LogP contribution in [0.4, 0.5) is 0 Å². The van der Waals surface area contributed by atoms with Gasteiger partial charge >= 0.3 is 0 Å². The highest BCUT2D eigenvalue weighted by atomic mass is 16.3. The van der Waals surface area contributed by atoms with Gasteiger partial charge in [-0.25, -0.2) is 0 Å². The number of fused-ring (bicyclic) bond motifs is 1. The number of aromatic nitrogens is 1. The summed E-state index contributed by atoms with van der Waals surface area (Å²) >= 11 is 0. The van der Waals surface area contributed by atoms with Crippen molar-refractivity contribution < 1.29 is 5.11 Å². The van der Waals surface area contributed by atoms with Crippen molar-refractivity contribution in [3.8, 4) is 0 Å². The molecular formula is C17H22N2O. The molecule has 106 valence electrons. The third-order valence-corrected chi connectivity index (χ3v) is 4.39. The van der Waals surface area contributed by atoms with E-state index in [1.54, 1.807) is 0 Å². The van der Waals surface area contributed by atoms with Crippen molar-refractivity contribution in [2.75, 3.05) is 13.2 Å². The lowest BCUT2D eigenvalue weighted by Gasteiger charge is -2.37. The average Bonchev–Trinajstić information content (AvgIpc) is 2.49. The second-order valence-corrected chi connectivity index (χ2v) is 5.90. The van der Waals surface area contributed by atoms with E-state index in [1.807, 2.05) is 12.1 Å². The van der Waals surface area contributed by atoms with Crippen LogP contribution in [0.25, 0.3) is 10.9 Å². The van der Waals surface area contributed by atoms with E-state index in [4.69, 9.17) is 4.98 Å². The predicted molar refractivity (Wildman–Crippen MR) is 81.4 cm³/mol. The van der Waals surface area contributed by atoms with E-state index in [9.17, 15) is 5.11 Å². The van der Waals surface area contributed by atoms with Gasteiger partial charge in [-0.1, -0.05) is 24.3 Å². The molecule has 20 heavy (non-hydrogen) atoms. The summed E-state index contributed by atoms with van der Waals surface area (Å²) in [5, 5.41) is 10.6. The van der Waals surface area contributed by atoms with Crippen LogP contribution in [0.15, 0.2) is 36.4 Å². The number of pyridine rings is 1. The summed E-state index contributed by atoms with van der Waals surface area (Å²) in [7, 11) is 0. The Morgan fingerprint density at radius 1 is 1.20 bits per heavy atom. The summed E-state index contributed by atoms with van der Waals surface area (Å²) in [5.74, 6) is 0.423. The van der Waals surface area contributed by atoms with Gasteiger partial charge in [-0.2, -0.15) is 0 Å². The first-order valence-electron chi connectivity index (χ1n) is 7.46. The SMILES string of the molecule is CC1CCC(CO)CN1Cc1ccc2ccccc2n1. The second-order valence-electron chi connectivity index (χ2n) is 5.90. The standard InChI is InChI=1S/C17H22N2O/c1-13-6-7-14(12-20)10-19(13)11-16-9-8-15-4-2-3-5-17(15)18-16/h2-5,8-9,13-14,20H,6-7,10-12H2,1H3. The van der Waals surface area contributed by atoms with Gasteiger partial charge < -0.3 is 5.11 Å². The van der Waals surface area contributed by atoms with Gasteiger partial charge in [0, 0.05) is 31.1 Å². The zero-order valence-electron chi connectivity index (χ0n) is 12.0. The fourth-order valence-electron chi connectivity index (χ4n) is 3.04. The number of rotatable bonds is 3. The number of hydrogen-bond donors (Lipinski definition) is 1. The fraction of sp³-hybridized carbons (Fsp3) is 0.471. The normalized spacial score (nSPS) is 24.1. The minimum Gasteiger partial charge on any atom is -0.396 e. The molecule has 0 bridgehead atoms. The number of aliphatic hydroxyl groups excluding tert-OH is 1. The number of nitrogens with zero attached hydrogens (tertiary/aromatic N) is 2. The lowest BCUT2D eigenvalue weighted by atomic mass is 9.94. The van der Waals surface area contributed by atoms with Gasteiger partial charge in [0.2, 0.25) is 0 Å². The maximum atomic E-state index is 9.36. The van der Waals surface area contributed by atoms with Crippen LogP contribution >= 0.6 is 0 Å². The Hall–Kier alpha value is -1.45. The highest BCUT2D eigenvalue weighted by Gasteiger charge is 2.25. The Labute approximate surface area is 120 Å². The highest BCUT2D eigenvalue weighted by Crippen LogP contribution is 2.23. The maximum Gasteiger partial charge on any atom is 0.0705 e. The molecule has 1 fully saturated rings. The highest BCUT2D eigenvalue weighted by molar-refractivity contribution is 5.78.